The van der Waals surface area contributed by atoms with Crippen molar-refractivity contribution in [3.8, 4) is 0 Å². The molecule has 0 amide bonds. The van der Waals surface area contributed by atoms with Crippen LogP contribution in [0.5, 0.6) is 0 Å². The van der Waals surface area contributed by atoms with E-state index in [0.717, 1.165) is 38.0 Å². The monoisotopic (exact) mass is 1180 g/mol. The molecule has 0 heterocycles. The van der Waals surface area contributed by atoms with Gasteiger partial charge in [-0.15, -0.1) is 11.8 Å². The number of benzene rings is 3. The van der Waals surface area contributed by atoms with Crippen molar-refractivity contribution in [2.24, 2.45) is 46.3 Å². The SMILES string of the molecule is CC(C)(O)CCC[C@@H](CO)C1CCC2[C@@H](O[Si](C)(C)C(C)(C)C)CCC[C@]12C.CC(C)(O)CCC[C@@H](CSc1ccccc1)C1CCC2[C@@H](O[Si](C)(C)C(C)(C)C)CCC[C@]12C.[3H][B]P.c1ccc(SSc2ccccc2)cc1. The molecular weight excluding hydrogens is 1070 g/mol. The maximum absolute atomic E-state index is 10.3. The van der Waals surface area contributed by atoms with Crippen molar-refractivity contribution in [2.45, 2.75) is 260 Å². The third-order valence-electron chi connectivity index (χ3n) is 19.8. The fraction of sp³-hybridized carbons (Fsp3) is 0.727. The van der Waals surface area contributed by atoms with Crippen LogP contribution in [0, 0.1) is 46.3 Å². The Hall–Kier alpha value is -0.561. The molecule has 3 N–H and O–H groups in total. The van der Waals surface area contributed by atoms with E-state index in [1.165, 1.54) is 98.6 Å². The van der Waals surface area contributed by atoms with Gasteiger partial charge < -0.3 is 24.2 Å². The molecule has 0 aromatic heterocycles. The van der Waals surface area contributed by atoms with Gasteiger partial charge in [0.1, 0.15) is 7.53 Å². The molecule has 4 saturated carbocycles. The number of aliphatic hydroxyl groups is 3. The fourth-order valence-corrected chi connectivity index (χ4v) is 19.4. The van der Waals surface area contributed by atoms with E-state index in [0.29, 0.717) is 52.6 Å². The highest BCUT2D eigenvalue weighted by atomic mass is 33.1. The summed E-state index contributed by atoms with van der Waals surface area (Å²) in [4.78, 5) is 3.97. The number of hydrogen-bond acceptors (Lipinski definition) is 8. The second-order valence-corrected chi connectivity index (χ2v) is 41.6. The third kappa shape index (κ3) is 20.9. The minimum Gasteiger partial charge on any atom is -0.414 e. The second kappa shape index (κ2) is 31.0. The average molecular weight is 1180 g/mol. The standard InChI is InChI=1S/C30H52O2SSi.C24H48O3Si.C12H10S2.BH3P/c1-28(2,3)34(7,8)32-27-17-13-21-30(6)25(18-19-26(27)30)23(14-12-20-29(4,5)31)22-33-24-15-10-9-11-16-24;1-22(2,3)28(7,8)27-21-12-10-16-24(6)19(13-14-20(21)24)18(17-25)11-9-15-23(4,5)26;1-3-7-11(8-4-1)13-14-12-9-5-2-6-10-12;1-2/h9-11,15-16,23,25-27,31H,12-14,17-22H2,1-8H3;18-21,25-26H,9-17H2,1-8H3;1-10H;1H,2H2/t23-,25?,26?,27-,30+;18-,19?,20?,21-,24+;;/m00../s1/i;;;1T. The van der Waals surface area contributed by atoms with Crippen molar-refractivity contribution in [1.82, 2.24) is 0 Å². The van der Waals surface area contributed by atoms with Gasteiger partial charge in [0.2, 0.25) is 0 Å². The molecular formula is C66H113BO5PS3Si2. The zero-order chi connectivity index (χ0) is 58.9. The van der Waals surface area contributed by atoms with E-state index in [2.05, 4.69) is 170 Å². The lowest BCUT2D eigenvalue weighted by atomic mass is 9.61. The van der Waals surface area contributed by atoms with Gasteiger partial charge >= 0.3 is 0 Å². The Kier molecular flexibility index (Phi) is 27.1. The average Bonchev–Trinajstić information content (AvgIpc) is 3.94. The van der Waals surface area contributed by atoms with E-state index in [1.807, 2.05) is 51.6 Å². The number of aliphatic hydroxyl groups excluding tert-OH is 1. The van der Waals surface area contributed by atoms with Crippen molar-refractivity contribution >= 4 is 66.6 Å². The van der Waals surface area contributed by atoms with Gasteiger partial charge in [-0.1, -0.05) is 157 Å². The highest BCUT2D eigenvalue weighted by molar-refractivity contribution is 8.76. The molecule has 12 heteroatoms. The van der Waals surface area contributed by atoms with Gasteiger partial charge in [0.05, 0.1) is 11.2 Å². The number of fused-ring (bicyclic) bond motifs is 2. The highest BCUT2D eigenvalue weighted by Gasteiger charge is 2.56. The third-order valence-corrected chi connectivity index (χ3v) is 32.4. The molecule has 7 rings (SSSR count). The lowest BCUT2D eigenvalue weighted by Gasteiger charge is -2.50. The maximum atomic E-state index is 10.3. The molecule has 0 aliphatic heterocycles. The number of rotatable bonds is 21. The topological polar surface area (TPSA) is 79.2 Å². The van der Waals surface area contributed by atoms with Crippen molar-refractivity contribution in [3.05, 3.63) is 91.0 Å². The zero-order valence-electron chi connectivity index (χ0n) is 53.0. The van der Waals surface area contributed by atoms with E-state index in [4.69, 9.17) is 10.2 Å². The van der Waals surface area contributed by atoms with Gasteiger partial charge in [0.25, 0.3) is 0 Å². The quantitative estimate of drug-likeness (QED) is 0.0421. The molecule has 5 unspecified atom stereocenters. The molecule has 4 aliphatic rings. The summed E-state index contributed by atoms with van der Waals surface area (Å²) in [5, 5.41) is 31.1. The molecule has 11 atom stereocenters. The van der Waals surface area contributed by atoms with E-state index >= 15 is 0 Å². The van der Waals surface area contributed by atoms with E-state index in [1.54, 1.807) is 21.6 Å². The van der Waals surface area contributed by atoms with Crippen molar-refractivity contribution < 1.29 is 24.2 Å². The number of thioether (sulfide) groups is 1. The van der Waals surface area contributed by atoms with Crippen LogP contribution in [0.25, 0.3) is 0 Å². The Labute approximate surface area is 498 Å². The summed E-state index contributed by atoms with van der Waals surface area (Å²) in [6.07, 6.45) is 19.7. The first-order chi connectivity index (χ1) is 36.8. The molecule has 3 aromatic carbocycles. The van der Waals surface area contributed by atoms with Gasteiger partial charge in [-0.25, -0.2) is 0 Å². The maximum Gasteiger partial charge on any atom is 0.192 e. The van der Waals surface area contributed by atoms with E-state index in [-0.39, 0.29) is 16.7 Å². The zero-order valence-corrected chi connectivity index (χ0v) is 57.6. The molecule has 4 aliphatic carbocycles. The highest BCUT2D eigenvalue weighted by Crippen LogP contribution is 2.61. The van der Waals surface area contributed by atoms with Gasteiger partial charge in [-0.2, -0.15) is 9.12 Å². The van der Waals surface area contributed by atoms with Crippen LogP contribution in [0.3, 0.4) is 0 Å². The predicted molar refractivity (Wildman–Crippen MR) is 353 cm³/mol. The smallest absolute Gasteiger partial charge is 0.192 e. The predicted octanol–water partition coefficient (Wildman–Crippen LogP) is 19.2. The molecule has 78 heavy (non-hydrogen) atoms. The van der Waals surface area contributed by atoms with Crippen molar-refractivity contribution in [1.29, 1.82) is 1.34 Å². The molecule has 1 radical (unpaired) electrons. The van der Waals surface area contributed by atoms with Gasteiger partial charge in [-0.3, -0.25) is 0 Å². The first kappa shape index (κ1) is 68.2. The normalized spacial score (nSPS) is 26.5. The fourth-order valence-electron chi connectivity index (χ4n) is 13.4. The van der Waals surface area contributed by atoms with Crippen LogP contribution < -0.4 is 0 Å². The molecule has 4 fully saturated rings. The Morgan fingerprint density at radius 1 is 0.590 bits per heavy atom. The molecule has 441 valence electrons. The van der Waals surface area contributed by atoms with Crippen LogP contribution in [-0.2, 0) is 8.85 Å². The van der Waals surface area contributed by atoms with Crippen molar-refractivity contribution in [3.63, 3.8) is 0 Å². The summed E-state index contributed by atoms with van der Waals surface area (Å²) in [7, 11) is 3.34. The molecule has 0 spiro atoms. The Morgan fingerprint density at radius 2 is 0.936 bits per heavy atom. The second-order valence-electron chi connectivity index (χ2n) is 28.7. The summed E-state index contributed by atoms with van der Waals surface area (Å²) in [6, 6.07) is 31.8. The lowest BCUT2D eigenvalue weighted by molar-refractivity contribution is -0.0309. The molecule has 3 aromatic rings. The summed E-state index contributed by atoms with van der Waals surface area (Å²) in [5.41, 5.74) is -0.476. The summed E-state index contributed by atoms with van der Waals surface area (Å²) < 4.78 is 20.1. The summed E-state index contributed by atoms with van der Waals surface area (Å²) >= 11 is 2.04. The van der Waals surface area contributed by atoms with Crippen LogP contribution in [0.15, 0.2) is 106 Å². The summed E-state index contributed by atoms with van der Waals surface area (Å²) in [6.45, 7) is 36.9. The number of hydrogen-bond donors (Lipinski definition) is 3. The van der Waals surface area contributed by atoms with Gasteiger partial charge in [0.15, 0.2) is 16.6 Å². The largest absolute Gasteiger partial charge is 0.414 e. The summed E-state index contributed by atoms with van der Waals surface area (Å²) in [5.74, 6) is 4.97. The molecule has 5 nitrogen and oxygen atoms in total. The molecule has 0 saturated heterocycles. The van der Waals surface area contributed by atoms with Gasteiger partial charge in [-0.05, 0) is 225 Å². The minimum absolute atomic E-state index is 0.254. The minimum atomic E-state index is -1.77. The lowest BCUT2D eigenvalue weighted by Crippen LogP contribution is -2.50. The first-order valence-corrected chi connectivity index (χ1v) is 39.9. The molecule has 0 bridgehead atoms. The van der Waals surface area contributed by atoms with Gasteiger partial charge in [0, 0.05) is 39.3 Å². The van der Waals surface area contributed by atoms with Crippen molar-refractivity contribution in [2.75, 3.05) is 12.4 Å². The van der Waals surface area contributed by atoms with E-state index in [9.17, 15) is 15.3 Å². The van der Waals surface area contributed by atoms with Crippen LogP contribution in [0.4, 0.5) is 0 Å². The Balaban J connectivity index is 0.000000267. The van der Waals surface area contributed by atoms with Crippen LogP contribution in [0.1, 0.15) is 186 Å². The Morgan fingerprint density at radius 3 is 1.28 bits per heavy atom. The van der Waals surface area contributed by atoms with Crippen LogP contribution in [0.2, 0.25) is 36.3 Å². The van der Waals surface area contributed by atoms with E-state index < -0.39 is 27.8 Å². The van der Waals surface area contributed by atoms with Crippen LogP contribution in [-0.4, -0.2) is 76.6 Å². The Bertz CT molecular complexity index is 2120. The first-order valence-electron chi connectivity index (χ1n) is 30.8. The van der Waals surface area contributed by atoms with Crippen LogP contribution >= 0.6 is 42.5 Å².